The third-order valence-corrected chi connectivity index (χ3v) is 5.03. The molecule has 7 nitrogen and oxygen atoms in total. The Bertz CT molecular complexity index is 934. The third-order valence-electron chi connectivity index (χ3n) is 4.80. The highest BCUT2D eigenvalue weighted by Crippen LogP contribution is 2.20. The van der Waals surface area contributed by atoms with Gasteiger partial charge in [0.25, 0.3) is 0 Å². The molecule has 2 amide bonds. The normalized spacial score (nSPS) is 13.4. The summed E-state index contributed by atoms with van der Waals surface area (Å²) in [5.41, 5.74) is 2.81. The highest BCUT2D eigenvalue weighted by Gasteiger charge is 2.15. The monoisotopic (exact) mass is 426 g/mol. The molecule has 0 bridgehead atoms. The number of nitrogens with one attached hydrogen (secondary N) is 2. The van der Waals surface area contributed by atoms with E-state index >= 15 is 0 Å². The second kappa shape index (κ2) is 10.6. The summed E-state index contributed by atoms with van der Waals surface area (Å²) in [5, 5.41) is 14.5. The highest BCUT2D eigenvalue weighted by atomic mass is 35.5. The first-order valence-electron chi connectivity index (χ1n) is 9.77. The molecule has 30 heavy (non-hydrogen) atoms. The molecule has 0 radical (unpaired) electrons. The lowest BCUT2D eigenvalue weighted by molar-refractivity contribution is -0.136. The molecule has 0 aromatic heterocycles. The van der Waals surface area contributed by atoms with Crippen molar-refractivity contribution in [3.05, 3.63) is 58.6 Å². The number of aryl methyl sites for hydroxylation is 1. The van der Waals surface area contributed by atoms with Gasteiger partial charge in [0.15, 0.2) is 0 Å². The topological polar surface area (TPSA) is 94.5 Å². The Balaban J connectivity index is 1.42. The molecule has 8 heteroatoms. The van der Waals surface area contributed by atoms with Crippen molar-refractivity contribution in [3.8, 4) is 6.07 Å². The van der Waals surface area contributed by atoms with Crippen LogP contribution >= 0.6 is 11.6 Å². The van der Waals surface area contributed by atoms with Gasteiger partial charge in [0.05, 0.1) is 24.5 Å². The average molecular weight is 427 g/mol. The number of nitrogens with zero attached hydrogens (tertiary/aromatic N) is 2. The molecule has 3 rings (SSSR count). The molecular weight excluding hydrogens is 404 g/mol. The van der Waals surface area contributed by atoms with E-state index in [0.29, 0.717) is 18.0 Å². The molecule has 1 fully saturated rings. The van der Waals surface area contributed by atoms with Gasteiger partial charge in [-0.05, 0) is 48.7 Å². The summed E-state index contributed by atoms with van der Waals surface area (Å²) < 4.78 is 5.37. The summed E-state index contributed by atoms with van der Waals surface area (Å²) in [6, 6.07) is 14.8. The minimum absolute atomic E-state index is 0.213. The van der Waals surface area contributed by atoms with E-state index < -0.39 is 11.8 Å². The summed E-state index contributed by atoms with van der Waals surface area (Å²) >= 11 is 5.88. The quantitative estimate of drug-likeness (QED) is 0.547. The molecule has 1 aliphatic heterocycles. The van der Waals surface area contributed by atoms with Crippen LogP contribution in [0.3, 0.4) is 0 Å². The third kappa shape index (κ3) is 5.96. The van der Waals surface area contributed by atoms with Gasteiger partial charge < -0.3 is 20.3 Å². The van der Waals surface area contributed by atoms with Crippen LogP contribution in [0.4, 0.5) is 11.4 Å². The van der Waals surface area contributed by atoms with E-state index in [1.54, 1.807) is 6.07 Å². The Morgan fingerprint density at radius 3 is 2.53 bits per heavy atom. The molecule has 2 aromatic carbocycles. The lowest BCUT2D eigenvalue weighted by Crippen LogP contribution is -2.36. The molecule has 0 atom stereocenters. The van der Waals surface area contributed by atoms with Gasteiger partial charge in [0.2, 0.25) is 0 Å². The highest BCUT2D eigenvalue weighted by molar-refractivity contribution is 6.40. The van der Waals surface area contributed by atoms with Gasteiger partial charge in [-0.1, -0.05) is 23.7 Å². The SMILES string of the molecule is N#Cc1ccc(Cl)cc1NC(=O)C(=O)NCCCc1ccc(N2CCOCC2)cc1. The zero-order valence-corrected chi connectivity index (χ0v) is 17.2. The Labute approximate surface area is 180 Å². The second-order valence-corrected chi connectivity index (χ2v) is 7.32. The molecule has 1 heterocycles. The number of benzene rings is 2. The van der Waals surface area contributed by atoms with Crippen LogP contribution < -0.4 is 15.5 Å². The first-order chi connectivity index (χ1) is 14.6. The van der Waals surface area contributed by atoms with Crippen molar-refractivity contribution in [1.82, 2.24) is 5.32 Å². The summed E-state index contributed by atoms with van der Waals surface area (Å²) in [7, 11) is 0. The van der Waals surface area contributed by atoms with Gasteiger partial charge in [0, 0.05) is 30.3 Å². The van der Waals surface area contributed by atoms with Crippen molar-refractivity contribution in [1.29, 1.82) is 5.26 Å². The van der Waals surface area contributed by atoms with Gasteiger partial charge in [-0.15, -0.1) is 0 Å². The van der Waals surface area contributed by atoms with Gasteiger partial charge in [-0.2, -0.15) is 5.26 Å². The van der Waals surface area contributed by atoms with Crippen LogP contribution in [0.25, 0.3) is 0 Å². The Kier molecular flexibility index (Phi) is 7.66. The number of hydrogen-bond acceptors (Lipinski definition) is 5. The zero-order valence-electron chi connectivity index (χ0n) is 16.5. The number of carbonyl (C=O) groups excluding carboxylic acids is 2. The minimum atomic E-state index is -0.830. The fraction of sp³-hybridized carbons (Fsp3) is 0.318. The van der Waals surface area contributed by atoms with E-state index in [1.165, 1.54) is 23.4 Å². The van der Waals surface area contributed by atoms with Crippen molar-refractivity contribution >= 4 is 34.8 Å². The van der Waals surface area contributed by atoms with E-state index in [2.05, 4.69) is 39.8 Å². The molecule has 2 N–H and O–H groups in total. The van der Waals surface area contributed by atoms with Gasteiger partial charge >= 0.3 is 11.8 Å². The maximum atomic E-state index is 12.1. The van der Waals surface area contributed by atoms with Crippen molar-refractivity contribution in [2.24, 2.45) is 0 Å². The van der Waals surface area contributed by atoms with Crippen LogP contribution in [0.2, 0.25) is 5.02 Å². The lowest BCUT2D eigenvalue weighted by Gasteiger charge is -2.28. The minimum Gasteiger partial charge on any atom is -0.378 e. The molecule has 156 valence electrons. The number of carbonyl (C=O) groups is 2. The van der Waals surface area contributed by atoms with Gasteiger partial charge in [0.1, 0.15) is 6.07 Å². The number of nitriles is 1. The molecule has 0 spiro atoms. The van der Waals surface area contributed by atoms with Crippen molar-refractivity contribution in [2.75, 3.05) is 43.1 Å². The number of rotatable bonds is 6. The van der Waals surface area contributed by atoms with Crippen LogP contribution in [-0.4, -0.2) is 44.7 Å². The number of anilines is 2. The number of amides is 2. The summed E-state index contributed by atoms with van der Waals surface area (Å²) in [4.78, 5) is 26.4. The van der Waals surface area contributed by atoms with Gasteiger partial charge in [-0.25, -0.2) is 0 Å². The van der Waals surface area contributed by atoms with Crippen molar-refractivity contribution in [3.63, 3.8) is 0 Å². The molecule has 2 aromatic rings. The molecule has 0 unspecified atom stereocenters. The molecule has 1 aliphatic rings. The molecular formula is C22H23ClN4O3. The summed E-state index contributed by atoms with van der Waals surface area (Å²) in [5.74, 6) is -1.58. The molecule has 1 saturated heterocycles. The van der Waals surface area contributed by atoms with Crippen LogP contribution in [-0.2, 0) is 20.7 Å². The van der Waals surface area contributed by atoms with Crippen LogP contribution in [0.5, 0.6) is 0 Å². The van der Waals surface area contributed by atoms with Crippen molar-refractivity contribution < 1.29 is 14.3 Å². The Morgan fingerprint density at radius 1 is 1.10 bits per heavy atom. The van der Waals surface area contributed by atoms with E-state index in [9.17, 15) is 9.59 Å². The van der Waals surface area contributed by atoms with Gasteiger partial charge in [-0.3, -0.25) is 9.59 Å². The first-order valence-corrected chi connectivity index (χ1v) is 10.1. The van der Waals surface area contributed by atoms with E-state index in [1.807, 2.05) is 6.07 Å². The number of halogens is 1. The predicted molar refractivity (Wildman–Crippen MR) is 116 cm³/mol. The van der Waals surface area contributed by atoms with E-state index in [-0.39, 0.29) is 11.3 Å². The number of hydrogen-bond donors (Lipinski definition) is 2. The fourth-order valence-corrected chi connectivity index (χ4v) is 3.34. The fourth-order valence-electron chi connectivity index (χ4n) is 3.17. The number of ether oxygens (including phenoxy) is 1. The number of morpholine rings is 1. The second-order valence-electron chi connectivity index (χ2n) is 6.88. The van der Waals surface area contributed by atoms with Crippen LogP contribution in [0.1, 0.15) is 17.5 Å². The summed E-state index contributed by atoms with van der Waals surface area (Å²) in [6.07, 6.45) is 1.49. The largest absolute Gasteiger partial charge is 0.378 e. The maximum absolute atomic E-state index is 12.1. The Morgan fingerprint density at radius 2 is 1.83 bits per heavy atom. The predicted octanol–water partition coefficient (Wildman–Crippen LogP) is 2.74. The smallest absolute Gasteiger partial charge is 0.313 e. The standard InChI is InChI=1S/C22H23ClN4O3/c23-18-6-5-17(15-24)20(14-18)26-22(29)21(28)25-9-1-2-16-3-7-19(8-4-16)27-10-12-30-13-11-27/h3-8,14H,1-2,9-13H2,(H,25,28)(H,26,29). The molecule has 0 aliphatic carbocycles. The zero-order chi connectivity index (χ0) is 21.3. The van der Waals surface area contributed by atoms with Crippen LogP contribution in [0.15, 0.2) is 42.5 Å². The van der Waals surface area contributed by atoms with Crippen LogP contribution in [0, 0.1) is 11.3 Å². The maximum Gasteiger partial charge on any atom is 0.313 e. The van der Waals surface area contributed by atoms with E-state index in [0.717, 1.165) is 32.7 Å². The average Bonchev–Trinajstić information content (AvgIpc) is 2.77. The van der Waals surface area contributed by atoms with Crippen molar-refractivity contribution in [2.45, 2.75) is 12.8 Å². The first kappa shape index (κ1) is 21.6. The molecule has 0 saturated carbocycles. The Hall–Kier alpha value is -3.08. The summed E-state index contributed by atoms with van der Waals surface area (Å²) in [6.45, 7) is 3.68. The lowest BCUT2D eigenvalue weighted by atomic mass is 10.1. The van der Waals surface area contributed by atoms with E-state index in [4.69, 9.17) is 21.6 Å².